The second kappa shape index (κ2) is 8.48. The van der Waals surface area contributed by atoms with Crippen LogP contribution in [0.2, 0.25) is 0 Å². The fraction of sp³-hybridized carbons (Fsp3) is 0.368. The topological polar surface area (TPSA) is 21.3 Å². The molecule has 0 aliphatic rings. The molecule has 2 nitrogen and oxygen atoms in total. The lowest BCUT2D eigenvalue weighted by Gasteiger charge is -2.17. The zero-order chi connectivity index (χ0) is 14.9. The van der Waals surface area contributed by atoms with Crippen LogP contribution in [0.3, 0.4) is 0 Å². The lowest BCUT2D eigenvalue weighted by atomic mass is 9.92. The Morgan fingerprint density at radius 1 is 1.00 bits per heavy atom. The van der Waals surface area contributed by atoms with Crippen molar-refractivity contribution in [2.75, 3.05) is 20.2 Å². The fourth-order valence-corrected chi connectivity index (χ4v) is 2.51. The van der Waals surface area contributed by atoms with E-state index in [0.29, 0.717) is 5.92 Å². The van der Waals surface area contributed by atoms with E-state index in [1.54, 1.807) is 0 Å². The summed E-state index contributed by atoms with van der Waals surface area (Å²) in [5.41, 5.74) is 2.74. The third-order valence-corrected chi connectivity index (χ3v) is 3.60. The monoisotopic (exact) mass is 283 g/mol. The minimum atomic E-state index is 0.499. The highest BCUT2D eigenvalue weighted by Gasteiger charge is 2.11. The van der Waals surface area contributed by atoms with Gasteiger partial charge < -0.3 is 10.1 Å². The largest absolute Gasteiger partial charge is 0.494 e. The summed E-state index contributed by atoms with van der Waals surface area (Å²) in [4.78, 5) is 0. The molecule has 112 valence electrons. The van der Waals surface area contributed by atoms with Crippen molar-refractivity contribution in [3.05, 3.63) is 65.7 Å². The van der Waals surface area contributed by atoms with E-state index in [-0.39, 0.29) is 0 Å². The molecular weight excluding hydrogens is 258 g/mol. The molecule has 2 rings (SSSR count). The first-order chi connectivity index (χ1) is 10.3. The Balaban J connectivity index is 2.03. The summed E-state index contributed by atoms with van der Waals surface area (Å²) in [7, 11) is 2.01. The highest BCUT2D eigenvalue weighted by Crippen LogP contribution is 2.22. The van der Waals surface area contributed by atoms with Crippen LogP contribution in [-0.2, 0) is 6.42 Å². The second-order valence-electron chi connectivity index (χ2n) is 5.36. The van der Waals surface area contributed by atoms with Crippen molar-refractivity contribution in [3.8, 4) is 5.75 Å². The summed E-state index contributed by atoms with van der Waals surface area (Å²) in [6.45, 7) is 3.89. The molecule has 21 heavy (non-hydrogen) atoms. The van der Waals surface area contributed by atoms with Gasteiger partial charge in [0.15, 0.2) is 0 Å². The first-order valence-corrected chi connectivity index (χ1v) is 7.74. The van der Waals surface area contributed by atoms with Crippen LogP contribution in [0, 0.1) is 0 Å². The van der Waals surface area contributed by atoms with Gasteiger partial charge in [-0.15, -0.1) is 0 Å². The van der Waals surface area contributed by atoms with E-state index in [0.717, 1.165) is 31.7 Å². The third-order valence-electron chi connectivity index (χ3n) is 3.60. The summed E-state index contributed by atoms with van der Waals surface area (Å²) in [6.07, 6.45) is 2.08. The normalized spacial score (nSPS) is 12.1. The van der Waals surface area contributed by atoms with Crippen LogP contribution in [0.25, 0.3) is 0 Å². The van der Waals surface area contributed by atoms with Gasteiger partial charge in [-0.1, -0.05) is 49.4 Å². The molecule has 1 atom stereocenters. The quantitative estimate of drug-likeness (QED) is 0.790. The van der Waals surface area contributed by atoms with E-state index < -0.39 is 0 Å². The smallest absolute Gasteiger partial charge is 0.119 e. The first-order valence-electron chi connectivity index (χ1n) is 7.74. The molecule has 2 heteroatoms. The van der Waals surface area contributed by atoms with Crippen LogP contribution in [0.15, 0.2) is 54.6 Å². The molecular formula is C19H25NO. The van der Waals surface area contributed by atoms with Gasteiger partial charge in [0.2, 0.25) is 0 Å². The van der Waals surface area contributed by atoms with Crippen LogP contribution >= 0.6 is 0 Å². The molecule has 2 aromatic rings. The highest BCUT2D eigenvalue weighted by molar-refractivity contribution is 5.30. The van der Waals surface area contributed by atoms with E-state index in [1.807, 2.05) is 7.05 Å². The van der Waals surface area contributed by atoms with Crippen LogP contribution in [0.4, 0.5) is 0 Å². The molecule has 0 aliphatic heterocycles. The van der Waals surface area contributed by atoms with Crippen LogP contribution in [0.5, 0.6) is 5.75 Å². The number of hydrogen-bond acceptors (Lipinski definition) is 2. The van der Waals surface area contributed by atoms with Crippen molar-refractivity contribution in [1.82, 2.24) is 5.32 Å². The molecule has 0 saturated carbocycles. The van der Waals surface area contributed by atoms with E-state index in [9.17, 15) is 0 Å². The van der Waals surface area contributed by atoms with Gasteiger partial charge in [0.1, 0.15) is 5.75 Å². The first kappa shape index (κ1) is 15.6. The molecule has 0 fully saturated rings. The van der Waals surface area contributed by atoms with Gasteiger partial charge in [0.25, 0.3) is 0 Å². The Labute approximate surface area is 128 Å². The van der Waals surface area contributed by atoms with Crippen molar-refractivity contribution in [2.45, 2.75) is 25.7 Å². The van der Waals surface area contributed by atoms with Gasteiger partial charge in [-0.05, 0) is 43.1 Å². The molecule has 0 aromatic heterocycles. The molecule has 0 bridgehead atoms. The van der Waals surface area contributed by atoms with Crippen molar-refractivity contribution in [2.24, 2.45) is 0 Å². The van der Waals surface area contributed by atoms with E-state index in [4.69, 9.17) is 4.74 Å². The molecule has 0 amide bonds. The Bertz CT molecular complexity index is 507. The van der Waals surface area contributed by atoms with E-state index >= 15 is 0 Å². The van der Waals surface area contributed by atoms with Crippen molar-refractivity contribution in [3.63, 3.8) is 0 Å². The number of hydrogen-bond donors (Lipinski definition) is 1. The summed E-state index contributed by atoms with van der Waals surface area (Å²) >= 11 is 0. The lowest BCUT2D eigenvalue weighted by molar-refractivity contribution is 0.317. The maximum atomic E-state index is 5.63. The molecule has 2 aromatic carbocycles. The van der Waals surface area contributed by atoms with Gasteiger partial charge in [-0.25, -0.2) is 0 Å². The second-order valence-corrected chi connectivity index (χ2v) is 5.36. The lowest BCUT2D eigenvalue weighted by Crippen LogP contribution is -2.19. The van der Waals surface area contributed by atoms with Crippen molar-refractivity contribution >= 4 is 0 Å². The van der Waals surface area contributed by atoms with Gasteiger partial charge in [-0.2, -0.15) is 0 Å². The van der Waals surface area contributed by atoms with Crippen molar-refractivity contribution < 1.29 is 4.74 Å². The molecule has 0 heterocycles. The zero-order valence-corrected chi connectivity index (χ0v) is 13.0. The predicted octanol–water partition coefficient (Wildman–Crippen LogP) is 4.02. The van der Waals surface area contributed by atoms with Crippen LogP contribution in [0.1, 0.15) is 30.4 Å². The van der Waals surface area contributed by atoms with E-state index in [2.05, 4.69) is 66.8 Å². The number of ether oxygens (including phenoxy) is 1. The zero-order valence-electron chi connectivity index (χ0n) is 13.0. The number of nitrogens with one attached hydrogen (secondary N) is 1. The number of rotatable bonds is 8. The predicted molar refractivity (Wildman–Crippen MR) is 89.0 cm³/mol. The molecule has 1 unspecified atom stereocenters. The number of likely N-dealkylation sites (N-methyl/N-ethyl adjacent to an activating group) is 1. The average molecular weight is 283 g/mol. The SMILES string of the molecule is CCCOc1ccc(CC(CNC)c2ccccc2)cc1. The summed E-state index contributed by atoms with van der Waals surface area (Å²) < 4.78 is 5.63. The summed E-state index contributed by atoms with van der Waals surface area (Å²) in [5, 5.41) is 3.30. The Hall–Kier alpha value is -1.80. The van der Waals surface area contributed by atoms with E-state index in [1.165, 1.54) is 11.1 Å². The molecule has 0 saturated heterocycles. The minimum absolute atomic E-state index is 0.499. The summed E-state index contributed by atoms with van der Waals surface area (Å²) in [5.74, 6) is 1.46. The Kier molecular flexibility index (Phi) is 6.29. The van der Waals surface area contributed by atoms with Crippen LogP contribution in [-0.4, -0.2) is 20.2 Å². The fourth-order valence-electron chi connectivity index (χ4n) is 2.51. The standard InChI is InChI=1S/C19H25NO/c1-3-13-21-19-11-9-16(10-12-19)14-18(15-20-2)17-7-5-4-6-8-17/h4-12,18,20H,3,13-15H2,1-2H3. The minimum Gasteiger partial charge on any atom is -0.494 e. The summed E-state index contributed by atoms with van der Waals surface area (Å²) in [6, 6.07) is 19.2. The van der Waals surface area contributed by atoms with Crippen LogP contribution < -0.4 is 10.1 Å². The Morgan fingerprint density at radius 3 is 2.33 bits per heavy atom. The van der Waals surface area contributed by atoms with Gasteiger partial charge in [-0.3, -0.25) is 0 Å². The van der Waals surface area contributed by atoms with Crippen molar-refractivity contribution in [1.29, 1.82) is 0 Å². The van der Waals surface area contributed by atoms with Gasteiger partial charge >= 0.3 is 0 Å². The molecule has 0 radical (unpaired) electrons. The third kappa shape index (κ3) is 4.91. The molecule has 0 spiro atoms. The average Bonchev–Trinajstić information content (AvgIpc) is 2.54. The maximum absolute atomic E-state index is 5.63. The van der Waals surface area contributed by atoms with Gasteiger partial charge in [0.05, 0.1) is 6.61 Å². The number of benzene rings is 2. The molecule has 0 aliphatic carbocycles. The highest BCUT2D eigenvalue weighted by atomic mass is 16.5. The Morgan fingerprint density at radius 2 is 1.71 bits per heavy atom. The molecule has 1 N–H and O–H groups in total. The maximum Gasteiger partial charge on any atom is 0.119 e. The van der Waals surface area contributed by atoms with Gasteiger partial charge in [0, 0.05) is 12.5 Å².